The van der Waals surface area contributed by atoms with E-state index >= 15 is 0 Å². The summed E-state index contributed by atoms with van der Waals surface area (Å²) in [4.78, 5) is 10.8. The van der Waals surface area contributed by atoms with Crippen LogP contribution in [-0.2, 0) is 4.79 Å². The lowest BCUT2D eigenvalue weighted by atomic mass is 10.0. The van der Waals surface area contributed by atoms with Crippen molar-refractivity contribution in [3.8, 4) is 0 Å². The van der Waals surface area contributed by atoms with Crippen LogP contribution in [0.4, 0.5) is 0 Å². The van der Waals surface area contributed by atoms with Gasteiger partial charge in [0.2, 0.25) is 0 Å². The second-order valence-corrected chi connectivity index (χ2v) is 5.50. The molecule has 0 radical (unpaired) electrons. The molecule has 114 valence electrons. The van der Waals surface area contributed by atoms with E-state index in [9.17, 15) is 4.79 Å². The van der Waals surface area contributed by atoms with Crippen molar-refractivity contribution in [1.82, 2.24) is 5.32 Å². The summed E-state index contributed by atoms with van der Waals surface area (Å²) in [7, 11) is 1.72. The van der Waals surface area contributed by atoms with Gasteiger partial charge in [-0.2, -0.15) is 0 Å². The Hall–Kier alpha value is -0.570. The first-order valence-corrected chi connectivity index (χ1v) is 8.12. The Bertz CT molecular complexity index is 207. The van der Waals surface area contributed by atoms with Crippen molar-refractivity contribution in [1.29, 1.82) is 0 Å². The summed E-state index contributed by atoms with van der Waals surface area (Å²) in [5, 5.41) is 11.7. The van der Waals surface area contributed by atoms with E-state index in [0.29, 0.717) is 0 Å². The number of hydrogen-bond donors (Lipinski definition) is 2. The summed E-state index contributed by atoms with van der Waals surface area (Å²) in [6, 6.07) is -0.362. The first-order chi connectivity index (χ1) is 9.22. The largest absolute Gasteiger partial charge is 0.480 e. The lowest BCUT2D eigenvalue weighted by Crippen LogP contribution is -2.33. The van der Waals surface area contributed by atoms with Gasteiger partial charge in [-0.3, -0.25) is 4.79 Å². The first-order valence-electron chi connectivity index (χ1n) is 8.12. The van der Waals surface area contributed by atoms with Crippen LogP contribution in [0.5, 0.6) is 0 Å². The number of rotatable bonds is 14. The van der Waals surface area contributed by atoms with Gasteiger partial charge in [0.25, 0.3) is 0 Å². The Morgan fingerprint density at radius 1 is 0.895 bits per heavy atom. The third-order valence-corrected chi connectivity index (χ3v) is 3.74. The zero-order valence-corrected chi connectivity index (χ0v) is 12.9. The number of carboxylic acid groups (broad SMARTS) is 1. The molecule has 0 amide bonds. The van der Waals surface area contributed by atoms with Gasteiger partial charge in [-0.25, -0.2) is 0 Å². The molecule has 0 saturated carbocycles. The predicted octanol–water partition coefficient (Wildman–Crippen LogP) is 4.36. The van der Waals surface area contributed by atoms with Crippen molar-refractivity contribution in [2.24, 2.45) is 0 Å². The minimum atomic E-state index is -0.727. The molecule has 0 bridgehead atoms. The number of nitrogens with one attached hydrogen (secondary N) is 1. The smallest absolute Gasteiger partial charge is 0.320 e. The van der Waals surface area contributed by atoms with Gasteiger partial charge in [0.15, 0.2) is 0 Å². The van der Waals surface area contributed by atoms with Crippen LogP contribution in [0.2, 0.25) is 0 Å². The van der Waals surface area contributed by atoms with Gasteiger partial charge < -0.3 is 10.4 Å². The highest BCUT2D eigenvalue weighted by Gasteiger charge is 2.13. The van der Waals surface area contributed by atoms with Crippen LogP contribution in [0.15, 0.2) is 0 Å². The molecule has 0 spiro atoms. The van der Waals surface area contributed by atoms with Gasteiger partial charge in [0.1, 0.15) is 6.04 Å². The van der Waals surface area contributed by atoms with E-state index < -0.39 is 5.97 Å². The summed E-state index contributed by atoms with van der Waals surface area (Å²) >= 11 is 0. The SMILES string of the molecule is CCCCCCCCCCCCCC(NC)C(=O)O. The minimum Gasteiger partial charge on any atom is -0.480 e. The maximum absolute atomic E-state index is 10.8. The van der Waals surface area contributed by atoms with E-state index in [-0.39, 0.29) is 6.04 Å². The minimum absolute atomic E-state index is 0.362. The third-order valence-electron chi connectivity index (χ3n) is 3.74. The van der Waals surface area contributed by atoms with Gasteiger partial charge in [-0.15, -0.1) is 0 Å². The predicted molar refractivity (Wildman–Crippen MR) is 81.6 cm³/mol. The van der Waals surface area contributed by atoms with Crippen LogP contribution < -0.4 is 5.32 Å². The molecule has 0 heterocycles. The molecule has 0 rings (SSSR count). The normalized spacial score (nSPS) is 12.5. The molecule has 2 N–H and O–H groups in total. The Balaban J connectivity index is 3.16. The molecule has 0 fully saturated rings. The van der Waals surface area contributed by atoms with Crippen molar-refractivity contribution in [3.05, 3.63) is 0 Å². The zero-order valence-electron chi connectivity index (χ0n) is 12.9. The third kappa shape index (κ3) is 12.2. The fourth-order valence-corrected chi connectivity index (χ4v) is 2.40. The van der Waals surface area contributed by atoms with Gasteiger partial charge in [0, 0.05) is 0 Å². The van der Waals surface area contributed by atoms with Crippen molar-refractivity contribution < 1.29 is 9.90 Å². The topological polar surface area (TPSA) is 49.3 Å². The van der Waals surface area contributed by atoms with Crippen molar-refractivity contribution in [2.45, 2.75) is 90.0 Å². The van der Waals surface area contributed by atoms with E-state index in [2.05, 4.69) is 12.2 Å². The van der Waals surface area contributed by atoms with Crippen molar-refractivity contribution >= 4 is 5.97 Å². The molecule has 1 atom stereocenters. The molecule has 3 heteroatoms. The molecule has 0 aromatic rings. The van der Waals surface area contributed by atoms with Crippen LogP contribution in [-0.4, -0.2) is 24.2 Å². The van der Waals surface area contributed by atoms with Crippen molar-refractivity contribution in [2.75, 3.05) is 7.05 Å². The molecular formula is C16H33NO2. The van der Waals surface area contributed by atoms with Crippen LogP contribution in [0, 0.1) is 0 Å². The van der Waals surface area contributed by atoms with E-state index in [1.54, 1.807) is 7.05 Å². The Morgan fingerprint density at radius 3 is 1.68 bits per heavy atom. The quantitative estimate of drug-likeness (QED) is 0.461. The van der Waals surface area contributed by atoms with Crippen LogP contribution in [0.25, 0.3) is 0 Å². The maximum atomic E-state index is 10.8. The Labute approximate surface area is 119 Å². The monoisotopic (exact) mass is 271 g/mol. The molecule has 0 aromatic heterocycles. The molecule has 0 aromatic carbocycles. The lowest BCUT2D eigenvalue weighted by molar-refractivity contribution is -0.139. The lowest BCUT2D eigenvalue weighted by Gasteiger charge is -2.10. The Morgan fingerprint density at radius 2 is 1.32 bits per heavy atom. The van der Waals surface area contributed by atoms with Gasteiger partial charge in [0.05, 0.1) is 0 Å². The standard InChI is InChI=1S/C16H33NO2/c1-3-4-5-6-7-8-9-10-11-12-13-14-15(17-2)16(18)19/h15,17H,3-14H2,1-2H3,(H,18,19). The molecule has 1 unspecified atom stereocenters. The molecule has 0 saturated heterocycles. The molecule has 19 heavy (non-hydrogen) atoms. The van der Waals surface area contributed by atoms with Gasteiger partial charge in [-0.05, 0) is 13.5 Å². The molecule has 0 aliphatic rings. The average molecular weight is 271 g/mol. The molecular weight excluding hydrogens is 238 g/mol. The fourth-order valence-electron chi connectivity index (χ4n) is 2.40. The fraction of sp³-hybridized carbons (Fsp3) is 0.938. The summed E-state index contributed by atoms with van der Waals surface area (Å²) in [6.45, 7) is 2.25. The number of aliphatic carboxylic acids is 1. The summed E-state index contributed by atoms with van der Waals surface area (Å²) < 4.78 is 0. The van der Waals surface area contributed by atoms with Crippen LogP contribution >= 0.6 is 0 Å². The van der Waals surface area contributed by atoms with Crippen LogP contribution in [0.1, 0.15) is 84.0 Å². The molecule has 3 nitrogen and oxygen atoms in total. The maximum Gasteiger partial charge on any atom is 0.320 e. The summed E-state index contributed by atoms with van der Waals surface area (Å²) in [5.74, 6) is -0.727. The highest BCUT2D eigenvalue weighted by atomic mass is 16.4. The second-order valence-electron chi connectivity index (χ2n) is 5.50. The number of hydrogen-bond acceptors (Lipinski definition) is 2. The van der Waals surface area contributed by atoms with Gasteiger partial charge in [-0.1, -0.05) is 77.6 Å². The van der Waals surface area contributed by atoms with Crippen LogP contribution in [0.3, 0.4) is 0 Å². The number of unbranched alkanes of at least 4 members (excludes halogenated alkanes) is 10. The number of carboxylic acids is 1. The highest BCUT2D eigenvalue weighted by molar-refractivity contribution is 5.73. The average Bonchev–Trinajstić information content (AvgIpc) is 2.40. The van der Waals surface area contributed by atoms with E-state index in [1.165, 1.54) is 64.2 Å². The van der Waals surface area contributed by atoms with Gasteiger partial charge >= 0.3 is 5.97 Å². The summed E-state index contributed by atoms with van der Waals surface area (Å²) in [5.41, 5.74) is 0. The number of likely N-dealkylation sites (N-methyl/N-ethyl adjacent to an activating group) is 1. The zero-order chi connectivity index (χ0) is 14.3. The van der Waals surface area contributed by atoms with Crippen molar-refractivity contribution in [3.63, 3.8) is 0 Å². The first kappa shape index (κ1) is 18.4. The molecule has 0 aliphatic carbocycles. The number of carbonyl (C=O) groups is 1. The second kappa shape index (κ2) is 13.9. The summed E-state index contributed by atoms with van der Waals surface area (Å²) in [6.07, 6.45) is 15.1. The Kier molecular flexibility index (Phi) is 13.4. The highest BCUT2D eigenvalue weighted by Crippen LogP contribution is 2.12. The molecule has 0 aliphatic heterocycles. The van der Waals surface area contributed by atoms with E-state index in [0.717, 1.165) is 12.8 Å². The van der Waals surface area contributed by atoms with E-state index in [1.807, 2.05) is 0 Å². The van der Waals surface area contributed by atoms with E-state index in [4.69, 9.17) is 5.11 Å².